The summed E-state index contributed by atoms with van der Waals surface area (Å²) in [7, 11) is 1.65. The van der Waals surface area contributed by atoms with Crippen LogP contribution in [-0.2, 0) is 40.4 Å². The lowest BCUT2D eigenvalue weighted by Gasteiger charge is -2.41. The third kappa shape index (κ3) is 6.78. The van der Waals surface area contributed by atoms with Crippen LogP contribution in [0.3, 0.4) is 0 Å². The number of fused-ring (bicyclic) bond motifs is 1. The molecule has 1 amide bonds. The minimum absolute atomic E-state index is 0.0267. The number of hydrogen-bond acceptors (Lipinski definition) is 8. The van der Waals surface area contributed by atoms with E-state index in [0.29, 0.717) is 68.7 Å². The second-order valence-corrected chi connectivity index (χ2v) is 12.3. The molecule has 0 unspecified atom stereocenters. The van der Waals surface area contributed by atoms with Gasteiger partial charge < -0.3 is 14.4 Å². The summed E-state index contributed by atoms with van der Waals surface area (Å²) < 4.78 is 12.3. The van der Waals surface area contributed by atoms with Crippen molar-refractivity contribution in [2.75, 3.05) is 33.4 Å². The molecule has 3 aliphatic rings. The fraction of sp³-hybridized carbons (Fsp3) is 0.600. The molecule has 0 N–H and O–H groups in total. The van der Waals surface area contributed by atoms with Gasteiger partial charge in [-0.05, 0) is 30.5 Å². The van der Waals surface area contributed by atoms with Crippen molar-refractivity contribution in [3.63, 3.8) is 0 Å². The molecule has 10 heteroatoms. The maximum atomic E-state index is 13.6. The van der Waals surface area contributed by atoms with Gasteiger partial charge in [0, 0.05) is 51.4 Å². The fourth-order valence-electron chi connectivity index (χ4n) is 5.72. The molecule has 40 heavy (non-hydrogen) atoms. The van der Waals surface area contributed by atoms with Crippen molar-refractivity contribution in [3.05, 3.63) is 51.4 Å². The number of aromatic nitrogens is 2. The van der Waals surface area contributed by atoms with Gasteiger partial charge in [0.2, 0.25) is 5.91 Å². The maximum absolute atomic E-state index is 13.6. The number of carbonyl (C=O) groups is 2. The van der Waals surface area contributed by atoms with Gasteiger partial charge in [-0.2, -0.15) is 0 Å². The summed E-state index contributed by atoms with van der Waals surface area (Å²) in [5.41, 5.74) is 2.59. The van der Waals surface area contributed by atoms with E-state index >= 15 is 0 Å². The van der Waals surface area contributed by atoms with Crippen molar-refractivity contribution in [2.45, 2.75) is 81.9 Å². The second kappa shape index (κ2) is 13.3. The van der Waals surface area contributed by atoms with Gasteiger partial charge in [0.1, 0.15) is 5.75 Å². The zero-order valence-electron chi connectivity index (χ0n) is 23.6. The summed E-state index contributed by atoms with van der Waals surface area (Å²) in [6.45, 7) is 5.75. The van der Waals surface area contributed by atoms with Gasteiger partial charge in [-0.1, -0.05) is 50.1 Å². The molecular formula is C30H40N4O5S. The molecule has 5 rings (SSSR count). The number of hydrogen-bond donors (Lipinski definition) is 0. The number of thioether (sulfide) groups is 1. The van der Waals surface area contributed by atoms with E-state index < -0.39 is 0 Å². The Kier molecular flexibility index (Phi) is 9.59. The third-order valence-corrected chi connectivity index (χ3v) is 9.42. The Morgan fingerprint density at radius 2 is 1.85 bits per heavy atom. The Labute approximate surface area is 240 Å². The van der Waals surface area contributed by atoms with E-state index in [1.165, 1.54) is 32.1 Å². The molecule has 216 valence electrons. The SMILES string of the molecule is CCC(=O)Oc1ccc(CN2CC(C(=O)N3CCc4nc(SC5CCCCC5)n(CCOC)c(=O)c4C3)C2)cc1. The Hall–Kier alpha value is -2.69. The van der Waals surface area contributed by atoms with Crippen LogP contribution in [0.1, 0.15) is 62.3 Å². The minimum Gasteiger partial charge on any atom is -0.427 e. The highest BCUT2D eigenvalue weighted by atomic mass is 32.2. The predicted octanol–water partition coefficient (Wildman–Crippen LogP) is 3.65. The van der Waals surface area contributed by atoms with E-state index in [9.17, 15) is 14.4 Å². The van der Waals surface area contributed by atoms with Crippen LogP contribution in [-0.4, -0.2) is 69.8 Å². The predicted molar refractivity (Wildman–Crippen MR) is 153 cm³/mol. The van der Waals surface area contributed by atoms with Gasteiger partial charge in [0.05, 0.1) is 36.9 Å². The van der Waals surface area contributed by atoms with Gasteiger partial charge in [-0.15, -0.1) is 0 Å². The molecule has 1 aromatic heterocycles. The smallest absolute Gasteiger partial charge is 0.310 e. The first kappa shape index (κ1) is 28.8. The lowest BCUT2D eigenvalue weighted by Crippen LogP contribution is -2.55. The Balaban J connectivity index is 1.19. The lowest BCUT2D eigenvalue weighted by molar-refractivity contribution is -0.142. The van der Waals surface area contributed by atoms with Gasteiger partial charge >= 0.3 is 5.97 Å². The summed E-state index contributed by atoms with van der Waals surface area (Å²) in [4.78, 5) is 47.5. The van der Waals surface area contributed by atoms with Crippen LogP contribution >= 0.6 is 11.8 Å². The molecule has 2 aromatic rings. The maximum Gasteiger partial charge on any atom is 0.310 e. The van der Waals surface area contributed by atoms with Crippen LogP contribution in [0.4, 0.5) is 0 Å². The molecule has 3 heterocycles. The summed E-state index contributed by atoms with van der Waals surface area (Å²) in [6.07, 6.45) is 7.06. The zero-order chi connectivity index (χ0) is 28.1. The number of methoxy groups -OCH3 is 1. The standard InChI is InChI=1S/C30H40N4O5S/c1-3-27(35)39-23-11-9-21(10-12-23)17-32-18-22(19-32)28(36)33-14-13-26-25(20-33)29(37)34(15-16-38-2)30(31-26)40-24-7-5-4-6-8-24/h9-12,22,24H,3-8,13-20H2,1-2H3. The fourth-order valence-corrected chi connectivity index (χ4v) is 7.05. The minimum atomic E-state index is -0.249. The van der Waals surface area contributed by atoms with Crippen LogP contribution in [0, 0.1) is 5.92 Å². The number of carbonyl (C=O) groups excluding carboxylic acids is 2. The first-order valence-corrected chi connectivity index (χ1v) is 15.4. The Morgan fingerprint density at radius 1 is 1.10 bits per heavy atom. The highest BCUT2D eigenvalue weighted by Gasteiger charge is 2.37. The second-order valence-electron chi connectivity index (χ2n) is 11.0. The number of ether oxygens (including phenoxy) is 2. The monoisotopic (exact) mass is 568 g/mol. The average Bonchev–Trinajstić information content (AvgIpc) is 2.95. The molecule has 0 spiro atoms. The molecule has 1 saturated carbocycles. The van der Waals surface area contributed by atoms with Crippen LogP contribution in [0.15, 0.2) is 34.2 Å². The van der Waals surface area contributed by atoms with Crippen LogP contribution in [0.2, 0.25) is 0 Å². The molecular weight excluding hydrogens is 528 g/mol. The van der Waals surface area contributed by atoms with E-state index in [1.807, 2.05) is 29.2 Å². The topological polar surface area (TPSA) is 94.0 Å². The van der Waals surface area contributed by atoms with Crippen molar-refractivity contribution in [1.82, 2.24) is 19.4 Å². The van der Waals surface area contributed by atoms with E-state index in [0.717, 1.165) is 23.0 Å². The van der Waals surface area contributed by atoms with Crippen molar-refractivity contribution in [1.29, 1.82) is 0 Å². The summed E-state index contributed by atoms with van der Waals surface area (Å²) >= 11 is 1.75. The van der Waals surface area contributed by atoms with Crippen molar-refractivity contribution < 1.29 is 19.1 Å². The van der Waals surface area contributed by atoms with Crippen molar-refractivity contribution >= 4 is 23.6 Å². The number of benzene rings is 1. The molecule has 0 atom stereocenters. The lowest BCUT2D eigenvalue weighted by atomic mass is 9.96. The highest BCUT2D eigenvalue weighted by Crippen LogP contribution is 2.33. The van der Waals surface area contributed by atoms with E-state index in [1.54, 1.807) is 30.4 Å². The molecule has 1 aliphatic carbocycles. The van der Waals surface area contributed by atoms with Crippen molar-refractivity contribution in [2.24, 2.45) is 5.92 Å². The van der Waals surface area contributed by atoms with Gasteiger partial charge in [-0.25, -0.2) is 4.98 Å². The van der Waals surface area contributed by atoms with Crippen LogP contribution in [0.5, 0.6) is 5.75 Å². The third-order valence-electron chi connectivity index (χ3n) is 8.09. The van der Waals surface area contributed by atoms with E-state index in [2.05, 4.69) is 4.90 Å². The highest BCUT2D eigenvalue weighted by molar-refractivity contribution is 7.99. The average molecular weight is 569 g/mol. The molecule has 1 saturated heterocycles. The van der Waals surface area contributed by atoms with Crippen LogP contribution in [0.25, 0.3) is 0 Å². The largest absolute Gasteiger partial charge is 0.427 e. The van der Waals surface area contributed by atoms with Crippen molar-refractivity contribution in [3.8, 4) is 5.75 Å². The molecule has 9 nitrogen and oxygen atoms in total. The van der Waals surface area contributed by atoms with E-state index in [-0.39, 0.29) is 23.4 Å². The molecule has 0 radical (unpaired) electrons. The van der Waals surface area contributed by atoms with E-state index in [4.69, 9.17) is 14.5 Å². The van der Waals surface area contributed by atoms with Gasteiger partial charge in [0.25, 0.3) is 5.56 Å². The molecule has 0 bridgehead atoms. The molecule has 2 aliphatic heterocycles. The first-order valence-electron chi connectivity index (χ1n) is 14.5. The number of esters is 1. The van der Waals surface area contributed by atoms with Gasteiger partial charge in [-0.3, -0.25) is 23.9 Å². The Morgan fingerprint density at radius 3 is 2.55 bits per heavy atom. The number of amides is 1. The summed E-state index contributed by atoms with van der Waals surface area (Å²) in [5, 5.41) is 1.31. The quantitative estimate of drug-likeness (QED) is 0.244. The normalized spacial score (nSPS) is 18.3. The van der Waals surface area contributed by atoms with Gasteiger partial charge in [0.15, 0.2) is 5.16 Å². The summed E-state index contributed by atoms with van der Waals surface area (Å²) in [6, 6.07) is 7.53. The van der Waals surface area contributed by atoms with Crippen LogP contribution < -0.4 is 10.3 Å². The molecule has 2 fully saturated rings. The Bertz CT molecular complexity index is 1250. The summed E-state index contributed by atoms with van der Waals surface area (Å²) in [5.74, 6) is 0.358. The number of rotatable bonds is 10. The number of nitrogens with zero attached hydrogens (tertiary/aromatic N) is 4. The first-order chi connectivity index (χ1) is 19.4. The number of likely N-dealkylation sites (tertiary alicyclic amines) is 1. The zero-order valence-corrected chi connectivity index (χ0v) is 24.4. The molecule has 1 aromatic carbocycles.